The fraction of sp³-hybridized carbons (Fsp3) is 0.227. The van der Waals surface area contributed by atoms with Gasteiger partial charge in [0.05, 0.1) is 41.7 Å². The van der Waals surface area contributed by atoms with Crippen LogP contribution in [0.5, 0.6) is 0 Å². The molecule has 0 spiro atoms. The van der Waals surface area contributed by atoms with Gasteiger partial charge < -0.3 is 15.4 Å². The Bertz CT molecular complexity index is 1240. The molecule has 29 heavy (non-hydrogen) atoms. The van der Waals surface area contributed by atoms with Gasteiger partial charge in [-0.1, -0.05) is 18.2 Å². The summed E-state index contributed by atoms with van der Waals surface area (Å²) in [7, 11) is 0. The molecule has 2 N–H and O–H groups in total. The Balaban J connectivity index is 1.75. The molecule has 2 aromatic carbocycles. The van der Waals surface area contributed by atoms with E-state index < -0.39 is 5.91 Å². The number of para-hydroxylation sites is 1. The first kappa shape index (κ1) is 17.6. The number of ether oxygens (including phenoxy) is 1. The Morgan fingerprint density at radius 1 is 1.10 bits per heavy atom. The summed E-state index contributed by atoms with van der Waals surface area (Å²) in [6, 6.07) is 14.0. The van der Waals surface area contributed by atoms with E-state index in [-0.39, 0.29) is 0 Å². The lowest BCUT2D eigenvalue weighted by atomic mass is 10.1. The van der Waals surface area contributed by atoms with Gasteiger partial charge in [0.2, 0.25) is 0 Å². The SMILES string of the molecule is Cc1nc2c(C(N)=O)cc(N3CCOCC3)cc2n1-c1cnc2ccccc2c1. The Hall–Kier alpha value is -3.45. The average molecular weight is 387 g/mol. The lowest BCUT2D eigenvalue weighted by molar-refractivity contribution is 0.100. The Morgan fingerprint density at radius 3 is 2.69 bits per heavy atom. The fourth-order valence-electron chi connectivity index (χ4n) is 3.98. The molecule has 1 saturated heterocycles. The topological polar surface area (TPSA) is 86.3 Å². The Kier molecular flexibility index (Phi) is 4.17. The van der Waals surface area contributed by atoms with E-state index in [0.29, 0.717) is 24.3 Å². The standard InChI is InChI=1S/C22H21N5O2/c1-14-25-21-18(22(23)28)11-16(26-6-8-29-9-7-26)12-20(21)27(14)17-10-15-4-2-3-5-19(15)24-13-17/h2-5,10-13H,6-9H2,1H3,(H2,23,28). The van der Waals surface area contributed by atoms with Crippen molar-refractivity contribution in [3.05, 3.63) is 60.0 Å². The predicted molar refractivity (Wildman–Crippen MR) is 113 cm³/mol. The van der Waals surface area contributed by atoms with Crippen molar-refractivity contribution in [1.29, 1.82) is 0 Å². The van der Waals surface area contributed by atoms with Crippen LogP contribution in [0.4, 0.5) is 5.69 Å². The summed E-state index contributed by atoms with van der Waals surface area (Å²) in [6.45, 7) is 4.80. The van der Waals surface area contributed by atoms with Crippen LogP contribution in [-0.4, -0.2) is 46.7 Å². The number of aryl methyl sites for hydroxylation is 1. The number of morpholine rings is 1. The van der Waals surface area contributed by atoms with Crippen molar-refractivity contribution in [2.45, 2.75) is 6.92 Å². The zero-order valence-electron chi connectivity index (χ0n) is 16.1. The maximum atomic E-state index is 12.2. The second-order valence-corrected chi connectivity index (χ2v) is 7.21. The third kappa shape index (κ3) is 3.00. The van der Waals surface area contributed by atoms with Crippen LogP contribution in [0, 0.1) is 6.92 Å². The van der Waals surface area contributed by atoms with Crippen molar-refractivity contribution in [2.75, 3.05) is 31.2 Å². The zero-order valence-corrected chi connectivity index (χ0v) is 16.1. The summed E-state index contributed by atoms with van der Waals surface area (Å²) in [5.41, 5.74) is 10.4. The maximum absolute atomic E-state index is 12.2. The highest BCUT2D eigenvalue weighted by atomic mass is 16.5. The van der Waals surface area contributed by atoms with Gasteiger partial charge in [0.15, 0.2) is 0 Å². The second kappa shape index (κ2) is 6.86. The molecule has 0 atom stereocenters. The molecule has 0 aliphatic carbocycles. The molecule has 1 amide bonds. The number of aromatic nitrogens is 3. The van der Waals surface area contributed by atoms with Gasteiger partial charge in [-0.15, -0.1) is 0 Å². The van der Waals surface area contributed by atoms with E-state index in [9.17, 15) is 4.79 Å². The molecular weight excluding hydrogens is 366 g/mol. The number of hydrogen-bond acceptors (Lipinski definition) is 5. The zero-order chi connectivity index (χ0) is 20.0. The molecular formula is C22H21N5O2. The number of fused-ring (bicyclic) bond motifs is 2. The minimum atomic E-state index is -0.480. The summed E-state index contributed by atoms with van der Waals surface area (Å²) < 4.78 is 7.50. The van der Waals surface area contributed by atoms with Crippen LogP contribution in [0.3, 0.4) is 0 Å². The van der Waals surface area contributed by atoms with Gasteiger partial charge in [0.1, 0.15) is 11.3 Å². The minimum absolute atomic E-state index is 0.430. The molecule has 4 aromatic rings. The molecule has 3 heterocycles. The monoisotopic (exact) mass is 387 g/mol. The van der Waals surface area contributed by atoms with E-state index in [0.717, 1.165) is 46.7 Å². The van der Waals surface area contributed by atoms with Gasteiger partial charge in [0.25, 0.3) is 5.91 Å². The number of benzene rings is 2. The first-order chi connectivity index (χ1) is 14.1. The molecule has 1 aliphatic heterocycles. The third-order valence-electron chi connectivity index (χ3n) is 5.39. The van der Waals surface area contributed by atoms with E-state index in [4.69, 9.17) is 10.5 Å². The second-order valence-electron chi connectivity index (χ2n) is 7.21. The maximum Gasteiger partial charge on any atom is 0.251 e. The van der Waals surface area contributed by atoms with Crippen molar-refractivity contribution >= 4 is 33.5 Å². The summed E-state index contributed by atoms with van der Waals surface area (Å²) in [6.07, 6.45) is 1.84. The van der Waals surface area contributed by atoms with E-state index in [1.165, 1.54) is 0 Å². The Morgan fingerprint density at radius 2 is 1.90 bits per heavy atom. The number of nitrogens with two attached hydrogens (primary N) is 1. The number of nitrogens with zero attached hydrogens (tertiary/aromatic N) is 4. The number of imidazole rings is 1. The van der Waals surface area contributed by atoms with Crippen molar-refractivity contribution < 1.29 is 9.53 Å². The molecule has 5 rings (SSSR count). The molecule has 7 nitrogen and oxygen atoms in total. The molecule has 1 aliphatic rings. The number of carbonyl (C=O) groups is 1. The van der Waals surface area contributed by atoms with Gasteiger partial charge in [-0.05, 0) is 31.2 Å². The van der Waals surface area contributed by atoms with E-state index in [1.54, 1.807) is 0 Å². The molecule has 0 unspecified atom stereocenters. The summed E-state index contributed by atoms with van der Waals surface area (Å²) >= 11 is 0. The van der Waals surface area contributed by atoms with Crippen LogP contribution in [0.1, 0.15) is 16.2 Å². The molecule has 1 fully saturated rings. The summed E-state index contributed by atoms with van der Waals surface area (Å²) in [5, 5.41) is 1.05. The van der Waals surface area contributed by atoms with Crippen LogP contribution >= 0.6 is 0 Å². The number of anilines is 1. The quantitative estimate of drug-likeness (QED) is 0.584. The number of carbonyl (C=O) groups excluding carboxylic acids is 1. The smallest absolute Gasteiger partial charge is 0.251 e. The van der Waals surface area contributed by atoms with Crippen LogP contribution in [-0.2, 0) is 4.74 Å². The first-order valence-electron chi connectivity index (χ1n) is 9.62. The van der Waals surface area contributed by atoms with Gasteiger partial charge in [-0.3, -0.25) is 14.3 Å². The molecule has 0 bridgehead atoms. The Labute approximate surface area is 167 Å². The highest BCUT2D eigenvalue weighted by Crippen LogP contribution is 2.30. The van der Waals surface area contributed by atoms with Crippen molar-refractivity contribution in [2.24, 2.45) is 5.73 Å². The van der Waals surface area contributed by atoms with Gasteiger partial charge >= 0.3 is 0 Å². The van der Waals surface area contributed by atoms with Crippen LogP contribution in [0.25, 0.3) is 27.6 Å². The molecule has 146 valence electrons. The van der Waals surface area contributed by atoms with Crippen LogP contribution < -0.4 is 10.6 Å². The number of pyridine rings is 1. The highest BCUT2D eigenvalue weighted by Gasteiger charge is 2.20. The molecule has 0 saturated carbocycles. The van der Waals surface area contributed by atoms with Crippen molar-refractivity contribution in [1.82, 2.24) is 14.5 Å². The number of hydrogen-bond donors (Lipinski definition) is 1. The number of rotatable bonds is 3. The molecule has 0 radical (unpaired) electrons. The highest BCUT2D eigenvalue weighted by molar-refractivity contribution is 6.06. The van der Waals surface area contributed by atoms with Crippen LogP contribution in [0.15, 0.2) is 48.7 Å². The third-order valence-corrected chi connectivity index (χ3v) is 5.39. The van der Waals surface area contributed by atoms with E-state index in [2.05, 4.69) is 27.0 Å². The minimum Gasteiger partial charge on any atom is -0.378 e. The lowest BCUT2D eigenvalue weighted by Gasteiger charge is -2.29. The fourth-order valence-corrected chi connectivity index (χ4v) is 3.98. The van der Waals surface area contributed by atoms with Crippen molar-refractivity contribution in [3.8, 4) is 5.69 Å². The van der Waals surface area contributed by atoms with Gasteiger partial charge in [-0.25, -0.2) is 4.98 Å². The normalized spacial score (nSPS) is 14.6. The van der Waals surface area contributed by atoms with E-state index in [1.807, 2.05) is 48.0 Å². The number of amides is 1. The van der Waals surface area contributed by atoms with Gasteiger partial charge in [-0.2, -0.15) is 0 Å². The molecule has 2 aromatic heterocycles. The van der Waals surface area contributed by atoms with E-state index >= 15 is 0 Å². The molecule has 7 heteroatoms. The first-order valence-corrected chi connectivity index (χ1v) is 9.62. The van der Waals surface area contributed by atoms with Gasteiger partial charge in [0, 0.05) is 24.2 Å². The number of primary amides is 1. The lowest BCUT2D eigenvalue weighted by Crippen LogP contribution is -2.36. The van der Waals surface area contributed by atoms with Crippen molar-refractivity contribution in [3.63, 3.8) is 0 Å². The predicted octanol–water partition coefficient (Wildman–Crippen LogP) is 2.82. The van der Waals surface area contributed by atoms with Crippen LogP contribution in [0.2, 0.25) is 0 Å². The summed E-state index contributed by atoms with van der Waals surface area (Å²) in [4.78, 5) is 23.7. The largest absolute Gasteiger partial charge is 0.378 e. The summed E-state index contributed by atoms with van der Waals surface area (Å²) in [5.74, 6) is 0.296. The average Bonchev–Trinajstić information content (AvgIpc) is 3.08.